The summed E-state index contributed by atoms with van der Waals surface area (Å²) in [6.07, 6.45) is 1.07. The van der Waals surface area contributed by atoms with Crippen LogP contribution in [0.5, 0.6) is 0 Å². The van der Waals surface area contributed by atoms with Crippen molar-refractivity contribution in [2.45, 2.75) is 13.3 Å². The molecule has 0 aliphatic carbocycles. The zero-order chi connectivity index (χ0) is 16.4. The second kappa shape index (κ2) is 6.71. The van der Waals surface area contributed by atoms with Crippen LogP contribution < -0.4 is 5.32 Å². The third-order valence-electron chi connectivity index (χ3n) is 5.08. The third kappa shape index (κ3) is 3.55. The van der Waals surface area contributed by atoms with Crippen LogP contribution in [0.25, 0.3) is 0 Å². The summed E-state index contributed by atoms with van der Waals surface area (Å²) in [5.41, 5.74) is 1.90. The van der Waals surface area contributed by atoms with Crippen molar-refractivity contribution < 1.29 is 9.59 Å². The molecule has 3 rings (SSSR count). The number of amides is 2. The first-order valence-corrected chi connectivity index (χ1v) is 8.35. The number of rotatable bonds is 3. The molecule has 2 heterocycles. The summed E-state index contributed by atoms with van der Waals surface area (Å²) < 4.78 is 0. The van der Waals surface area contributed by atoms with Gasteiger partial charge in [0.05, 0.1) is 6.54 Å². The highest BCUT2D eigenvalue weighted by Gasteiger charge is 2.39. The number of nitrogens with zero attached hydrogens (tertiary/aromatic N) is 2. The number of hydrogen-bond donors (Lipinski definition) is 1. The standard InChI is InChI=1S/C18H25N3O2/c1-13-4-3-5-14(8-13)18(23)21-10-15-6-7-20(9-16(15)11-21)12-17(22)19-2/h3-5,8,15-16H,6-7,9-12H2,1-2H3,(H,19,22)/t15-,16+/m1/s1. The predicted molar refractivity (Wildman–Crippen MR) is 89.2 cm³/mol. The van der Waals surface area contributed by atoms with E-state index >= 15 is 0 Å². The lowest BCUT2D eigenvalue weighted by atomic mass is 9.89. The molecule has 0 unspecified atom stereocenters. The Morgan fingerprint density at radius 1 is 1.22 bits per heavy atom. The molecule has 2 aliphatic rings. The van der Waals surface area contributed by atoms with Gasteiger partial charge in [-0.1, -0.05) is 17.7 Å². The van der Waals surface area contributed by atoms with E-state index in [1.165, 1.54) is 0 Å². The number of piperidine rings is 1. The van der Waals surface area contributed by atoms with Crippen LogP contribution in [0.1, 0.15) is 22.3 Å². The molecular weight excluding hydrogens is 290 g/mol. The lowest BCUT2D eigenvalue weighted by Gasteiger charge is -2.33. The average Bonchev–Trinajstić information content (AvgIpc) is 2.97. The van der Waals surface area contributed by atoms with Crippen molar-refractivity contribution in [1.82, 2.24) is 15.1 Å². The fourth-order valence-electron chi connectivity index (χ4n) is 3.80. The van der Waals surface area contributed by atoms with E-state index in [9.17, 15) is 9.59 Å². The first kappa shape index (κ1) is 16.0. The van der Waals surface area contributed by atoms with E-state index in [-0.39, 0.29) is 11.8 Å². The fraction of sp³-hybridized carbons (Fsp3) is 0.556. The predicted octanol–water partition coefficient (Wildman–Crippen LogP) is 1.13. The maximum absolute atomic E-state index is 12.7. The van der Waals surface area contributed by atoms with Gasteiger partial charge in [0.2, 0.25) is 5.91 Å². The van der Waals surface area contributed by atoms with E-state index < -0.39 is 0 Å². The topological polar surface area (TPSA) is 52.7 Å². The lowest BCUT2D eigenvalue weighted by Crippen LogP contribution is -2.44. The van der Waals surface area contributed by atoms with E-state index in [0.717, 1.165) is 43.7 Å². The van der Waals surface area contributed by atoms with Gasteiger partial charge >= 0.3 is 0 Å². The summed E-state index contributed by atoms with van der Waals surface area (Å²) >= 11 is 0. The number of nitrogens with one attached hydrogen (secondary N) is 1. The number of aryl methyl sites for hydroxylation is 1. The minimum atomic E-state index is 0.0640. The number of likely N-dealkylation sites (N-methyl/N-ethyl adjacent to an activating group) is 1. The summed E-state index contributed by atoms with van der Waals surface area (Å²) in [6, 6.07) is 7.81. The molecule has 5 nitrogen and oxygen atoms in total. The normalized spacial score (nSPS) is 24.3. The molecule has 0 aromatic heterocycles. The highest BCUT2D eigenvalue weighted by Crippen LogP contribution is 2.31. The molecule has 2 aliphatic heterocycles. The van der Waals surface area contributed by atoms with E-state index in [2.05, 4.69) is 10.2 Å². The summed E-state index contributed by atoms with van der Waals surface area (Å²) in [6.45, 7) is 5.99. The van der Waals surface area contributed by atoms with Gasteiger partial charge in [0.15, 0.2) is 0 Å². The zero-order valence-electron chi connectivity index (χ0n) is 13.9. The van der Waals surface area contributed by atoms with Gasteiger partial charge in [-0.25, -0.2) is 0 Å². The lowest BCUT2D eigenvalue weighted by molar-refractivity contribution is -0.122. The SMILES string of the molecule is CNC(=O)CN1CC[C@@H]2CN(C(=O)c3cccc(C)c3)C[C@@H]2C1. The molecule has 1 aromatic carbocycles. The molecule has 5 heteroatoms. The largest absolute Gasteiger partial charge is 0.358 e. The Labute approximate surface area is 137 Å². The molecule has 0 radical (unpaired) electrons. The zero-order valence-corrected chi connectivity index (χ0v) is 13.9. The van der Waals surface area contributed by atoms with Crippen LogP contribution in [0.15, 0.2) is 24.3 Å². The molecule has 1 N–H and O–H groups in total. The summed E-state index contributed by atoms with van der Waals surface area (Å²) in [7, 11) is 1.67. The van der Waals surface area contributed by atoms with Crippen LogP contribution in [-0.2, 0) is 4.79 Å². The molecule has 0 spiro atoms. The number of carbonyl (C=O) groups is 2. The van der Waals surface area contributed by atoms with Crippen molar-refractivity contribution in [3.05, 3.63) is 35.4 Å². The quantitative estimate of drug-likeness (QED) is 0.910. The average molecular weight is 315 g/mol. The van der Waals surface area contributed by atoms with Crippen LogP contribution >= 0.6 is 0 Å². The molecule has 0 bridgehead atoms. The fourth-order valence-corrected chi connectivity index (χ4v) is 3.80. The van der Waals surface area contributed by atoms with Crippen molar-refractivity contribution in [2.24, 2.45) is 11.8 Å². The Hall–Kier alpha value is -1.88. The highest BCUT2D eigenvalue weighted by molar-refractivity contribution is 5.94. The first-order valence-electron chi connectivity index (χ1n) is 8.35. The second-order valence-corrected chi connectivity index (χ2v) is 6.80. The molecular formula is C18H25N3O2. The van der Waals surface area contributed by atoms with Crippen molar-refractivity contribution >= 4 is 11.8 Å². The molecule has 2 fully saturated rings. The van der Waals surface area contributed by atoms with Crippen LogP contribution in [0, 0.1) is 18.8 Å². The van der Waals surface area contributed by atoms with Gasteiger partial charge in [0.25, 0.3) is 5.91 Å². The molecule has 2 atom stereocenters. The van der Waals surface area contributed by atoms with Crippen LogP contribution in [0.3, 0.4) is 0 Å². The van der Waals surface area contributed by atoms with Crippen molar-refractivity contribution in [3.8, 4) is 0 Å². The molecule has 124 valence electrons. The summed E-state index contributed by atoms with van der Waals surface area (Å²) in [4.78, 5) is 28.4. The molecule has 2 amide bonds. The van der Waals surface area contributed by atoms with E-state index in [1.54, 1.807) is 7.05 Å². The Balaban J connectivity index is 1.62. The first-order chi connectivity index (χ1) is 11.1. The number of likely N-dealkylation sites (tertiary alicyclic amines) is 2. The number of hydrogen-bond acceptors (Lipinski definition) is 3. The van der Waals surface area contributed by atoms with Gasteiger partial charge in [-0.05, 0) is 43.9 Å². The van der Waals surface area contributed by atoms with Gasteiger partial charge in [-0.2, -0.15) is 0 Å². The molecule has 2 saturated heterocycles. The Bertz CT molecular complexity index is 602. The maximum Gasteiger partial charge on any atom is 0.253 e. The highest BCUT2D eigenvalue weighted by atomic mass is 16.2. The smallest absolute Gasteiger partial charge is 0.253 e. The van der Waals surface area contributed by atoms with Crippen molar-refractivity contribution in [2.75, 3.05) is 39.8 Å². The second-order valence-electron chi connectivity index (χ2n) is 6.80. The van der Waals surface area contributed by atoms with Crippen molar-refractivity contribution in [1.29, 1.82) is 0 Å². The Kier molecular flexibility index (Phi) is 4.66. The summed E-state index contributed by atoms with van der Waals surface area (Å²) in [5, 5.41) is 2.68. The van der Waals surface area contributed by atoms with E-state index in [0.29, 0.717) is 18.4 Å². The number of fused-ring (bicyclic) bond motifs is 1. The number of carbonyl (C=O) groups excluding carboxylic acids is 2. The third-order valence-corrected chi connectivity index (χ3v) is 5.08. The van der Waals surface area contributed by atoms with Crippen LogP contribution in [0.4, 0.5) is 0 Å². The maximum atomic E-state index is 12.7. The Morgan fingerprint density at radius 2 is 2.00 bits per heavy atom. The number of benzene rings is 1. The van der Waals surface area contributed by atoms with E-state index in [4.69, 9.17) is 0 Å². The van der Waals surface area contributed by atoms with Crippen LogP contribution in [-0.4, -0.2) is 61.4 Å². The monoisotopic (exact) mass is 315 g/mol. The van der Waals surface area contributed by atoms with Gasteiger partial charge in [0, 0.05) is 32.2 Å². The van der Waals surface area contributed by atoms with Gasteiger partial charge in [0.1, 0.15) is 0 Å². The summed E-state index contributed by atoms with van der Waals surface area (Å²) in [5.74, 6) is 1.27. The van der Waals surface area contributed by atoms with Crippen LogP contribution in [0.2, 0.25) is 0 Å². The van der Waals surface area contributed by atoms with E-state index in [1.807, 2.05) is 36.1 Å². The Morgan fingerprint density at radius 3 is 2.74 bits per heavy atom. The van der Waals surface area contributed by atoms with Gasteiger partial charge in [-0.3, -0.25) is 14.5 Å². The molecule has 0 saturated carbocycles. The van der Waals surface area contributed by atoms with Gasteiger partial charge < -0.3 is 10.2 Å². The van der Waals surface area contributed by atoms with Gasteiger partial charge in [-0.15, -0.1) is 0 Å². The minimum absolute atomic E-state index is 0.0640. The molecule has 23 heavy (non-hydrogen) atoms. The molecule has 1 aromatic rings. The minimum Gasteiger partial charge on any atom is -0.358 e. The van der Waals surface area contributed by atoms with Crippen molar-refractivity contribution in [3.63, 3.8) is 0 Å².